The lowest BCUT2D eigenvalue weighted by Gasteiger charge is -2.02. The Hall–Kier alpha value is -3.02. The highest BCUT2D eigenvalue weighted by atomic mass is 19.1. The lowest BCUT2D eigenvalue weighted by atomic mass is 10.1. The van der Waals surface area contributed by atoms with E-state index in [1.54, 1.807) is 12.1 Å². The van der Waals surface area contributed by atoms with Gasteiger partial charge in [-0.2, -0.15) is 5.10 Å². The summed E-state index contributed by atoms with van der Waals surface area (Å²) in [6.07, 6.45) is 0. The molecule has 0 atom stereocenters. The van der Waals surface area contributed by atoms with Crippen LogP contribution in [0.4, 0.5) is 4.39 Å². The first-order valence-electron chi connectivity index (χ1n) is 7.37. The van der Waals surface area contributed by atoms with E-state index in [-0.39, 0.29) is 5.82 Å². The molecule has 1 aromatic heterocycles. The van der Waals surface area contributed by atoms with Crippen LogP contribution in [0.1, 0.15) is 5.56 Å². The molecule has 0 saturated heterocycles. The highest BCUT2D eigenvalue weighted by Crippen LogP contribution is 2.21. The van der Waals surface area contributed by atoms with Crippen LogP contribution in [0.5, 0.6) is 0 Å². The van der Waals surface area contributed by atoms with Gasteiger partial charge in [0.25, 0.3) is 0 Å². The van der Waals surface area contributed by atoms with Crippen molar-refractivity contribution in [2.24, 2.45) is 4.99 Å². The minimum Gasteiger partial charge on any atom is -0.368 e. The Kier molecular flexibility index (Phi) is 3.34. The Morgan fingerprint density at radius 2 is 1.57 bits per heavy atom. The van der Waals surface area contributed by atoms with Gasteiger partial charge >= 0.3 is 0 Å². The van der Waals surface area contributed by atoms with Crippen LogP contribution in [0.3, 0.4) is 0 Å². The fraction of sp³-hybridized carbons (Fsp3) is 0.118. The standard InChI is InChI=1S/C17H14FN5/c18-14-7-5-13(6-8-14)17-21-16(22-23-17)12-3-1-11(2-4-12)15-19-9-10-20-15/h1-8H,9-10H2,(H,19,20)(H,21,22,23). The Balaban J connectivity index is 1.60. The Morgan fingerprint density at radius 1 is 0.870 bits per heavy atom. The van der Waals surface area contributed by atoms with Gasteiger partial charge in [0.15, 0.2) is 11.6 Å². The van der Waals surface area contributed by atoms with Crippen molar-refractivity contribution in [2.75, 3.05) is 13.1 Å². The van der Waals surface area contributed by atoms with E-state index >= 15 is 0 Å². The van der Waals surface area contributed by atoms with Crippen LogP contribution < -0.4 is 5.32 Å². The predicted molar refractivity (Wildman–Crippen MR) is 86.6 cm³/mol. The molecular formula is C17H14FN5. The van der Waals surface area contributed by atoms with Crippen molar-refractivity contribution >= 4 is 5.84 Å². The Morgan fingerprint density at radius 3 is 2.26 bits per heavy atom. The van der Waals surface area contributed by atoms with Crippen LogP contribution in [-0.4, -0.2) is 34.1 Å². The Bertz CT molecular complexity index is 849. The molecule has 2 heterocycles. The molecule has 2 N–H and O–H groups in total. The summed E-state index contributed by atoms with van der Waals surface area (Å²) in [6, 6.07) is 14.1. The summed E-state index contributed by atoms with van der Waals surface area (Å²) in [7, 11) is 0. The van der Waals surface area contributed by atoms with Gasteiger partial charge in [-0.15, -0.1) is 0 Å². The molecule has 1 aliphatic heterocycles. The quantitative estimate of drug-likeness (QED) is 0.782. The summed E-state index contributed by atoms with van der Waals surface area (Å²) < 4.78 is 13.0. The topological polar surface area (TPSA) is 66.0 Å². The normalized spacial score (nSPS) is 13.7. The smallest absolute Gasteiger partial charge is 0.181 e. The Labute approximate surface area is 132 Å². The average Bonchev–Trinajstić information content (AvgIpc) is 3.28. The summed E-state index contributed by atoms with van der Waals surface area (Å²) in [5.74, 6) is 1.88. The first-order valence-corrected chi connectivity index (χ1v) is 7.37. The van der Waals surface area contributed by atoms with Crippen LogP contribution in [0.25, 0.3) is 22.8 Å². The molecule has 5 nitrogen and oxygen atoms in total. The van der Waals surface area contributed by atoms with E-state index < -0.39 is 0 Å². The number of benzene rings is 2. The maximum absolute atomic E-state index is 13.0. The number of rotatable bonds is 3. The molecule has 4 rings (SSSR count). The molecule has 0 aliphatic carbocycles. The molecule has 23 heavy (non-hydrogen) atoms. The van der Waals surface area contributed by atoms with Gasteiger partial charge in [0, 0.05) is 23.2 Å². The molecule has 0 saturated carbocycles. The van der Waals surface area contributed by atoms with E-state index in [4.69, 9.17) is 0 Å². The molecule has 114 valence electrons. The zero-order valence-corrected chi connectivity index (χ0v) is 12.3. The number of H-pyrrole nitrogens is 1. The maximum Gasteiger partial charge on any atom is 0.181 e. The summed E-state index contributed by atoms with van der Waals surface area (Å²) in [4.78, 5) is 8.87. The van der Waals surface area contributed by atoms with Gasteiger partial charge in [-0.3, -0.25) is 10.1 Å². The van der Waals surface area contributed by atoms with E-state index in [9.17, 15) is 4.39 Å². The van der Waals surface area contributed by atoms with Gasteiger partial charge in [0.05, 0.1) is 6.54 Å². The lowest BCUT2D eigenvalue weighted by molar-refractivity contribution is 0.628. The van der Waals surface area contributed by atoms with Crippen molar-refractivity contribution in [3.63, 3.8) is 0 Å². The molecule has 0 bridgehead atoms. The second-order valence-corrected chi connectivity index (χ2v) is 5.25. The minimum absolute atomic E-state index is 0.271. The van der Waals surface area contributed by atoms with E-state index in [1.807, 2.05) is 24.3 Å². The SMILES string of the molecule is Fc1ccc(-c2nc(-c3ccc(C4=NCCN4)cc3)n[nH]2)cc1. The van der Waals surface area contributed by atoms with Crippen molar-refractivity contribution in [3.8, 4) is 22.8 Å². The molecular weight excluding hydrogens is 293 g/mol. The largest absolute Gasteiger partial charge is 0.368 e. The average molecular weight is 307 g/mol. The van der Waals surface area contributed by atoms with Crippen molar-refractivity contribution in [1.82, 2.24) is 20.5 Å². The molecule has 0 fully saturated rings. The van der Waals surface area contributed by atoms with E-state index in [0.717, 1.165) is 35.6 Å². The minimum atomic E-state index is -0.271. The number of aromatic nitrogens is 3. The van der Waals surface area contributed by atoms with Crippen molar-refractivity contribution in [2.45, 2.75) is 0 Å². The molecule has 0 amide bonds. The molecule has 3 aromatic rings. The van der Waals surface area contributed by atoms with E-state index in [2.05, 4.69) is 25.5 Å². The third-order valence-electron chi connectivity index (χ3n) is 3.69. The number of aliphatic imine (C=N–C) groups is 1. The van der Waals surface area contributed by atoms with Gasteiger partial charge in [-0.1, -0.05) is 24.3 Å². The van der Waals surface area contributed by atoms with Crippen molar-refractivity contribution < 1.29 is 4.39 Å². The number of hydrogen-bond acceptors (Lipinski definition) is 4. The molecule has 2 aromatic carbocycles. The van der Waals surface area contributed by atoms with Gasteiger partial charge in [-0.05, 0) is 24.3 Å². The van der Waals surface area contributed by atoms with Gasteiger partial charge < -0.3 is 5.32 Å². The second kappa shape index (κ2) is 5.64. The molecule has 1 aliphatic rings. The van der Waals surface area contributed by atoms with Gasteiger partial charge in [-0.25, -0.2) is 9.37 Å². The summed E-state index contributed by atoms with van der Waals surface area (Å²) >= 11 is 0. The zero-order valence-electron chi connectivity index (χ0n) is 12.3. The van der Waals surface area contributed by atoms with Crippen molar-refractivity contribution in [3.05, 3.63) is 59.9 Å². The number of halogens is 1. The van der Waals surface area contributed by atoms with Crippen LogP contribution in [0, 0.1) is 5.82 Å². The van der Waals surface area contributed by atoms with Crippen LogP contribution in [-0.2, 0) is 0 Å². The molecule has 0 radical (unpaired) electrons. The number of nitrogens with zero attached hydrogens (tertiary/aromatic N) is 3. The van der Waals surface area contributed by atoms with E-state index in [1.165, 1.54) is 12.1 Å². The number of hydrogen-bond donors (Lipinski definition) is 2. The molecule has 6 heteroatoms. The molecule has 0 spiro atoms. The summed E-state index contributed by atoms with van der Waals surface area (Å²) in [5, 5.41) is 10.4. The third-order valence-corrected chi connectivity index (χ3v) is 3.69. The first kappa shape index (κ1) is 13.6. The van der Waals surface area contributed by atoms with Gasteiger partial charge in [0.1, 0.15) is 11.7 Å². The number of aromatic amines is 1. The number of nitrogens with one attached hydrogen (secondary N) is 2. The summed E-state index contributed by atoms with van der Waals surface area (Å²) in [5.41, 5.74) is 2.77. The fourth-order valence-corrected chi connectivity index (χ4v) is 2.50. The lowest BCUT2D eigenvalue weighted by Crippen LogP contribution is -2.19. The maximum atomic E-state index is 13.0. The highest BCUT2D eigenvalue weighted by molar-refractivity contribution is 6.00. The third kappa shape index (κ3) is 2.70. The van der Waals surface area contributed by atoms with Crippen LogP contribution >= 0.6 is 0 Å². The summed E-state index contributed by atoms with van der Waals surface area (Å²) in [6.45, 7) is 1.71. The molecule has 0 unspecified atom stereocenters. The predicted octanol–water partition coefficient (Wildman–Crippen LogP) is 2.63. The van der Waals surface area contributed by atoms with E-state index in [0.29, 0.717) is 11.6 Å². The second-order valence-electron chi connectivity index (χ2n) is 5.25. The number of amidine groups is 1. The zero-order chi connectivity index (χ0) is 15.6. The van der Waals surface area contributed by atoms with Gasteiger partial charge in [0.2, 0.25) is 0 Å². The first-order chi connectivity index (χ1) is 11.3. The van der Waals surface area contributed by atoms with Crippen LogP contribution in [0.2, 0.25) is 0 Å². The van der Waals surface area contributed by atoms with Crippen LogP contribution in [0.15, 0.2) is 53.5 Å². The monoisotopic (exact) mass is 307 g/mol. The van der Waals surface area contributed by atoms with Crippen molar-refractivity contribution in [1.29, 1.82) is 0 Å². The fourth-order valence-electron chi connectivity index (χ4n) is 2.50. The highest BCUT2D eigenvalue weighted by Gasteiger charge is 2.10.